The number of alkyl halides is 8. The molecule has 1 aliphatic rings. The fourth-order valence-corrected chi connectivity index (χ4v) is 2.39. The molecule has 0 spiro atoms. The molecule has 10 heteroatoms. The van der Waals surface area contributed by atoms with Crippen molar-refractivity contribution in [3.8, 4) is 0 Å². The number of ether oxygens (including phenoxy) is 1. The Balaban J connectivity index is 3.24. The third-order valence-electron chi connectivity index (χ3n) is 3.66. The molecule has 0 saturated carbocycles. The zero-order valence-electron chi connectivity index (χ0n) is 12.4. The van der Waals surface area contributed by atoms with Crippen molar-refractivity contribution < 1.29 is 39.9 Å². The van der Waals surface area contributed by atoms with Crippen LogP contribution in [-0.2, 0) is 4.74 Å². The molecule has 0 aliphatic carbocycles. The van der Waals surface area contributed by atoms with Crippen molar-refractivity contribution in [1.82, 2.24) is 4.90 Å². The van der Waals surface area contributed by atoms with Gasteiger partial charge < -0.3 is 4.74 Å². The molecule has 1 heterocycles. The minimum Gasteiger partial charge on any atom is -0.353 e. The average molecular weight is 355 g/mol. The highest BCUT2D eigenvalue weighted by molar-refractivity contribution is 5.14. The molecule has 4 unspecified atom stereocenters. The van der Waals surface area contributed by atoms with Crippen LogP contribution in [-0.4, -0.2) is 54.5 Å². The van der Waals surface area contributed by atoms with Crippen molar-refractivity contribution in [3.05, 3.63) is 12.2 Å². The van der Waals surface area contributed by atoms with E-state index < -0.39 is 61.6 Å². The van der Waals surface area contributed by atoms with Crippen LogP contribution in [0.2, 0.25) is 0 Å². The maximum absolute atomic E-state index is 15.0. The van der Waals surface area contributed by atoms with Gasteiger partial charge in [0.25, 0.3) is 0 Å². The van der Waals surface area contributed by atoms with E-state index in [1.807, 2.05) is 0 Å². The Labute approximate surface area is 128 Å². The lowest BCUT2D eigenvalue weighted by molar-refractivity contribution is -0.318. The van der Waals surface area contributed by atoms with Gasteiger partial charge in [0, 0.05) is 13.1 Å². The zero-order chi connectivity index (χ0) is 18.2. The molecule has 1 fully saturated rings. The van der Waals surface area contributed by atoms with E-state index >= 15 is 0 Å². The molecule has 1 saturated heterocycles. The molecular weight excluding hydrogens is 338 g/mol. The summed E-state index contributed by atoms with van der Waals surface area (Å²) in [5, 5.41) is 0. The summed E-state index contributed by atoms with van der Waals surface area (Å²) in [6, 6.07) is 0. The average Bonchev–Trinajstić information content (AvgIpc) is 2.42. The maximum atomic E-state index is 15.0. The second-order valence-corrected chi connectivity index (χ2v) is 5.43. The summed E-state index contributed by atoms with van der Waals surface area (Å²) < 4.78 is 110. The summed E-state index contributed by atoms with van der Waals surface area (Å²) in [6.07, 6.45) is -18.8. The van der Waals surface area contributed by atoms with Crippen LogP contribution in [0.5, 0.6) is 0 Å². The SMILES string of the molecule is C=C(C)C(F)(C(F)CC)N1CC(C(F)(F)F)OC(C(F)(F)F)C1. The number of nitrogens with zero attached hydrogens (tertiary/aromatic N) is 1. The molecule has 1 rings (SSSR count). The highest BCUT2D eigenvalue weighted by Gasteiger charge is 2.58. The quantitative estimate of drug-likeness (QED) is 0.426. The summed E-state index contributed by atoms with van der Waals surface area (Å²) in [4.78, 5) is 0.184. The number of halogens is 8. The third kappa shape index (κ3) is 4.14. The van der Waals surface area contributed by atoms with Crippen molar-refractivity contribution in [2.75, 3.05) is 13.1 Å². The summed E-state index contributed by atoms with van der Waals surface area (Å²) in [7, 11) is 0. The van der Waals surface area contributed by atoms with Crippen molar-refractivity contribution >= 4 is 0 Å². The molecular formula is C13H17F8NO. The van der Waals surface area contributed by atoms with Crippen molar-refractivity contribution in [1.29, 1.82) is 0 Å². The predicted molar refractivity (Wildman–Crippen MR) is 66.2 cm³/mol. The summed E-state index contributed by atoms with van der Waals surface area (Å²) in [6.45, 7) is 2.93. The molecule has 0 aromatic heterocycles. The number of hydrogen-bond acceptors (Lipinski definition) is 2. The second kappa shape index (κ2) is 6.54. The molecule has 0 bridgehead atoms. The fraction of sp³-hybridized carbons (Fsp3) is 0.846. The van der Waals surface area contributed by atoms with E-state index in [2.05, 4.69) is 11.3 Å². The largest absolute Gasteiger partial charge is 0.415 e. The van der Waals surface area contributed by atoms with Gasteiger partial charge in [0.15, 0.2) is 18.4 Å². The van der Waals surface area contributed by atoms with Gasteiger partial charge in [-0.2, -0.15) is 26.3 Å². The molecule has 0 aromatic carbocycles. The second-order valence-electron chi connectivity index (χ2n) is 5.43. The monoisotopic (exact) mass is 355 g/mol. The van der Waals surface area contributed by atoms with E-state index in [4.69, 9.17) is 0 Å². The molecule has 4 atom stereocenters. The van der Waals surface area contributed by atoms with Gasteiger partial charge in [-0.15, -0.1) is 0 Å². The molecule has 0 radical (unpaired) electrons. The van der Waals surface area contributed by atoms with E-state index in [0.29, 0.717) is 0 Å². The Hall–Kier alpha value is -0.900. The Kier molecular flexibility index (Phi) is 5.73. The van der Waals surface area contributed by atoms with Gasteiger partial charge in [0.2, 0.25) is 5.79 Å². The van der Waals surface area contributed by atoms with Crippen molar-refractivity contribution in [3.63, 3.8) is 0 Å². The summed E-state index contributed by atoms with van der Waals surface area (Å²) >= 11 is 0. The number of morpholine rings is 1. The van der Waals surface area contributed by atoms with Gasteiger partial charge in [0.1, 0.15) is 0 Å². The minimum absolute atomic E-state index is 0.184. The topological polar surface area (TPSA) is 12.5 Å². The maximum Gasteiger partial charge on any atom is 0.415 e. The molecule has 1 aliphatic heterocycles. The summed E-state index contributed by atoms with van der Waals surface area (Å²) in [5.41, 5.74) is -0.504. The van der Waals surface area contributed by atoms with E-state index in [9.17, 15) is 35.1 Å². The lowest BCUT2D eigenvalue weighted by Gasteiger charge is -2.46. The van der Waals surface area contributed by atoms with Gasteiger partial charge in [-0.05, 0) is 18.9 Å². The Morgan fingerprint density at radius 2 is 1.48 bits per heavy atom. The number of rotatable bonds is 4. The molecule has 0 amide bonds. The van der Waals surface area contributed by atoms with Crippen molar-refractivity contribution in [2.24, 2.45) is 0 Å². The first kappa shape index (κ1) is 20.1. The van der Waals surface area contributed by atoms with E-state index in [-0.39, 0.29) is 4.90 Å². The van der Waals surface area contributed by atoms with Crippen molar-refractivity contribution in [2.45, 2.75) is 56.8 Å². The van der Waals surface area contributed by atoms with Crippen LogP contribution < -0.4 is 0 Å². The van der Waals surface area contributed by atoms with Crippen LogP contribution in [0.1, 0.15) is 20.3 Å². The van der Waals surface area contributed by atoms with Gasteiger partial charge in [-0.3, -0.25) is 4.90 Å². The van der Waals surface area contributed by atoms with E-state index in [1.54, 1.807) is 0 Å². The zero-order valence-corrected chi connectivity index (χ0v) is 12.4. The van der Waals surface area contributed by atoms with E-state index in [0.717, 1.165) is 6.92 Å². The van der Waals surface area contributed by atoms with Crippen LogP contribution >= 0.6 is 0 Å². The molecule has 23 heavy (non-hydrogen) atoms. The predicted octanol–water partition coefficient (Wildman–Crippen LogP) is 4.17. The molecule has 0 aromatic rings. The lowest BCUT2D eigenvalue weighted by atomic mass is 9.96. The highest BCUT2D eigenvalue weighted by atomic mass is 19.4. The van der Waals surface area contributed by atoms with Crippen LogP contribution in [0, 0.1) is 0 Å². The van der Waals surface area contributed by atoms with Gasteiger partial charge >= 0.3 is 12.4 Å². The Bertz CT molecular complexity index is 413. The Morgan fingerprint density at radius 3 is 1.74 bits per heavy atom. The number of hydrogen-bond donors (Lipinski definition) is 0. The van der Waals surface area contributed by atoms with Crippen LogP contribution in [0.3, 0.4) is 0 Å². The Morgan fingerprint density at radius 1 is 1.09 bits per heavy atom. The van der Waals surface area contributed by atoms with Gasteiger partial charge in [0.05, 0.1) is 0 Å². The normalized spacial score (nSPS) is 28.3. The van der Waals surface area contributed by atoms with Gasteiger partial charge in [-0.25, -0.2) is 8.78 Å². The summed E-state index contributed by atoms with van der Waals surface area (Å²) in [5.74, 6) is -3.13. The smallest absolute Gasteiger partial charge is 0.353 e. The van der Waals surface area contributed by atoms with E-state index in [1.165, 1.54) is 6.92 Å². The molecule has 0 N–H and O–H groups in total. The third-order valence-corrected chi connectivity index (χ3v) is 3.66. The standard InChI is InChI=1S/C13H17F8NO/c1-4-8(14)11(15,7(2)3)22-5-9(12(16,17)18)23-10(6-22)13(19,20)21/h8-10H,2,4-6H2,1,3H3. The first-order valence-corrected chi connectivity index (χ1v) is 6.77. The minimum atomic E-state index is -5.14. The van der Waals surface area contributed by atoms with Crippen LogP contribution in [0.15, 0.2) is 12.2 Å². The molecule has 2 nitrogen and oxygen atoms in total. The van der Waals surface area contributed by atoms with Crippen LogP contribution in [0.4, 0.5) is 35.1 Å². The highest BCUT2D eigenvalue weighted by Crippen LogP contribution is 2.40. The first-order valence-electron chi connectivity index (χ1n) is 6.77. The lowest BCUT2D eigenvalue weighted by Crippen LogP contribution is -2.64. The fourth-order valence-electron chi connectivity index (χ4n) is 2.39. The first-order chi connectivity index (χ1) is 10.2. The molecule has 136 valence electrons. The van der Waals surface area contributed by atoms with Gasteiger partial charge in [-0.1, -0.05) is 13.5 Å². The van der Waals surface area contributed by atoms with Crippen LogP contribution in [0.25, 0.3) is 0 Å².